The number of carboxylic acids is 1. The summed E-state index contributed by atoms with van der Waals surface area (Å²) < 4.78 is 10.6. The van der Waals surface area contributed by atoms with Gasteiger partial charge in [-0.25, -0.2) is 0 Å². The fourth-order valence-corrected chi connectivity index (χ4v) is 1.26. The molecule has 6 N–H and O–H groups in total. The number of carboxylic acid groups (broad SMARTS) is 1. The van der Waals surface area contributed by atoms with Gasteiger partial charge in [0, 0.05) is 12.8 Å². The molecule has 0 rings (SSSR count). The molecule has 0 amide bonds. The molecule has 7 heteroatoms. The molecule has 0 saturated carbocycles. The molecule has 0 bridgehead atoms. The molecular formula is C6H17N2O4P. The first-order valence-electron chi connectivity index (χ1n) is 3.68. The molecule has 0 aromatic heterocycles. The van der Waals surface area contributed by atoms with Crippen LogP contribution in [-0.2, 0) is 9.36 Å². The molecule has 0 aromatic rings. The molecule has 0 aromatic carbocycles. The van der Waals surface area contributed by atoms with Crippen LogP contribution in [0.5, 0.6) is 0 Å². The number of hydrogen-bond donors (Lipinski definition) is 4. The minimum Gasteiger partial charge on any atom is -0.480 e. The molecule has 6 nitrogen and oxygen atoms in total. The third-order valence-electron chi connectivity index (χ3n) is 1.17. The zero-order valence-electron chi connectivity index (χ0n) is 7.80. The Bertz CT molecular complexity index is 191. The van der Waals surface area contributed by atoms with Crippen LogP contribution in [-0.4, -0.2) is 41.9 Å². The van der Waals surface area contributed by atoms with E-state index >= 15 is 0 Å². The van der Waals surface area contributed by atoms with Crippen molar-refractivity contribution in [1.29, 1.82) is 0 Å². The van der Waals surface area contributed by atoms with Crippen molar-refractivity contribution in [1.82, 2.24) is 0 Å². The Balaban J connectivity index is 0. The molecule has 0 fully saturated rings. The number of hydrogen-bond acceptors (Lipinski definition) is 4. The highest BCUT2D eigenvalue weighted by atomic mass is 31.2. The molecule has 0 saturated heterocycles. The maximum absolute atomic E-state index is 10.6. The third kappa shape index (κ3) is 11.6. The minimum atomic E-state index is -3.10. The van der Waals surface area contributed by atoms with Crippen LogP contribution in [0.25, 0.3) is 0 Å². The first-order valence-corrected chi connectivity index (χ1v) is 5.97. The Kier molecular flexibility index (Phi) is 8.15. The number of rotatable bonds is 4. The third-order valence-corrected chi connectivity index (χ3v) is 2.26. The van der Waals surface area contributed by atoms with Gasteiger partial charge in [-0.15, -0.1) is 0 Å². The molecule has 0 aliphatic rings. The van der Waals surface area contributed by atoms with Gasteiger partial charge in [-0.05, 0) is 13.5 Å². The van der Waals surface area contributed by atoms with Crippen LogP contribution in [0.15, 0.2) is 0 Å². The Morgan fingerprint density at radius 3 is 2.15 bits per heavy atom. The summed E-state index contributed by atoms with van der Waals surface area (Å²) in [6.45, 7) is 1.18. The Hall–Kier alpha value is -0.420. The van der Waals surface area contributed by atoms with Crippen LogP contribution in [0, 0.1) is 0 Å². The maximum atomic E-state index is 10.6. The second-order valence-corrected chi connectivity index (χ2v) is 5.06. The van der Waals surface area contributed by atoms with E-state index in [2.05, 4.69) is 5.73 Å². The summed E-state index contributed by atoms with van der Waals surface area (Å²) in [5.74, 6) is -1.14. The zero-order chi connectivity index (χ0) is 11.1. The van der Waals surface area contributed by atoms with Crippen molar-refractivity contribution >= 4 is 13.3 Å². The number of aliphatic carboxylic acids is 1. The molecule has 0 aliphatic heterocycles. The zero-order valence-corrected chi connectivity index (χ0v) is 8.70. The largest absolute Gasteiger partial charge is 0.480 e. The van der Waals surface area contributed by atoms with Crippen LogP contribution in [0.4, 0.5) is 0 Å². The standard InChI is InChI=1S/C5H12NO4P.CH5N/c1-11(9,10)3-2-4(6)5(7)8;1-2/h4H,2-3,6H2,1H3,(H,7,8)(H,9,10);2H2,1H3. The van der Waals surface area contributed by atoms with E-state index in [4.69, 9.17) is 15.7 Å². The van der Waals surface area contributed by atoms with Crippen molar-refractivity contribution in [3.05, 3.63) is 0 Å². The van der Waals surface area contributed by atoms with Gasteiger partial charge in [0.2, 0.25) is 0 Å². The SMILES string of the molecule is CN.CP(=O)(O)CCC(N)C(=O)O. The van der Waals surface area contributed by atoms with Crippen molar-refractivity contribution < 1.29 is 19.4 Å². The molecule has 0 aliphatic carbocycles. The quantitative estimate of drug-likeness (QED) is 0.455. The fraction of sp³-hybridized carbons (Fsp3) is 0.833. The lowest BCUT2D eigenvalue weighted by atomic mass is 10.2. The van der Waals surface area contributed by atoms with E-state index in [0.29, 0.717) is 0 Å². The van der Waals surface area contributed by atoms with Gasteiger partial charge in [0.15, 0.2) is 7.37 Å². The summed E-state index contributed by atoms with van der Waals surface area (Å²) in [4.78, 5) is 18.9. The summed E-state index contributed by atoms with van der Waals surface area (Å²) in [5.41, 5.74) is 9.59. The second kappa shape index (κ2) is 7.03. The van der Waals surface area contributed by atoms with Crippen molar-refractivity contribution in [2.75, 3.05) is 19.9 Å². The average Bonchev–Trinajstić information content (AvgIpc) is 2.02. The first kappa shape index (κ1) is 15.1. The Morgan fingerprint density at radius 1 is 1.54 bits per heavy atom. The van der Waals surface area contributed by atoms with Crippen LogP contribution in [0.1, 0.15) is 6.42 Å². The molecule has 2 unspecified atom stereocenters. The molecular weight excluding hydrogens is 195 g/mol. The highest BCUT2D eigenvalue weighted by molar-refractivity contribution is 7.57. The fourth-order valence-electron chi connectivity index (χ4n) is 0.502. The van der Waals surface area contributed by atoms with Gasteiger partial charge in [-0.3, -0.25) is 9.36 Å². The lowest BCUT2D eigenvalue weighted by molar-refractivity contribution is -0.138. The van der Waals surface area contributed by atoms with E-state index in [9.17, 15) is 9.36 Å². The van der Waals surface area contributed by atoms with Crippen molar-refractivity contribution in [3.63, 3.8) is 0 Å². The minimum absolute atomic E-state index is 0.0412. The van der Waals surface area contributed by atoms with Crippen LogP contribution in [0.3, 0.4) is 0 Å². The predicted molar refractivity (Wildman–Crippen MR) is 51.0 cm³/mol. The predicted octanol–water partition coefficient (Wildman–Crippen LogP) is -0.736. The monoisotopic (exact) mass is 212 g/mol. The summed E-state index contributed by atoms with van der Waals surface area (Å²) >= 11 is 0. The summed E-state index contributed by atoms with van der Waals surface area (Å²) in [7, 11) is -1.60. The molecule has 2 atom stereocenters. The lowest BCUT2D eigenvalue weighted by Gasteiger charge is -2.07. The van der Waals surface area contributed by atoms with Crippen molar-refractivity contribution in [3.8, 4) is 0 Å². The Labute approximate surface area is 77.4 Å². The van der Waals surface area contributed by atoms with Crippen LogP contribution in [0.2, 0.25) is 0 Å². The molecule has 80 valence electrons. The van der Waals surface area contributed by atoms with E-state index in [-0.39, 0.29) is 12.6 Å². The highest BCUT2D eigenvalue weighted by Crippen LogP contribution is 2.35. The normalized spacial score (nSPS) is 16.4. The Morgan fingerprint density at radius 2 is 1.92 bits per heavy atom. The van der Waals surface area contributed by atoms with Gasteiger partial charge >= 0.3 is 5.97 Å². The molecule has 0 radical (unpaired) electrons. The topological polar surface area (TPSA) is 127 Å². The number of carbonyl (C=O) groups is 1. The van der Waals surface area contributed by atoms with Gasteiger partial charge in [0.05, 0.1) is 0 Å². The van der Waals surface area contributed by atoms with Gasteiger partial charge in [0.1, 0.15) is 6.04 Å². The van der Waals surface area contributed by atoms with Crippen molar-refractivity contribution in [2.45, 2.75) is 12.5 Å². The summed E-state index contributed by atoms with van der Waals surface area (Å²) in [6, 6.07) is -1.03. The van der Waals surface area contributed by atoms with Crippen LogP contribution < -0.4 is 11.5 Å². The molecule has 0 heterocycles. The van der Waals surface area contributed by atoms with E-state index in [1.807, 2.05) is 0 Å². The summed E-state index contributed by atoms with van der Waals surface area (Å²) in [6.07, 6.45) is 0.0000772. The van der Waals surface area contributed by atoms with Gasteiger partial charge < -0.3 is 21.5 Å². The summed E-state index contributed by atoms with van der Waals surface area (Å²) in [5, 5.41) is 8.28. The van der Waals surface area contributed by atoms with Gasteiger partial charge in [0.25, 0.3) is 0 Å². The van der Waals surface area contributed by atoms with E-state index in [0.717, 1.165) is 0 Å². The van der Waals surface area contributed by atoms with Crippen molar-refractivity contribution in [2.24, 2.45) is 11.5 Å². The van der Waals surface area contributed by atoms with E-state index in [1.54, 1.807) is 0 Å². The average molecular weight is 212 g/mol. The van der Waals surface area contributed by atoms with Gasteiger partial charge in [-0.1, -0.05) is 0 Å². The van der Waals surface area contributed by atoms with E-state index in [1.165, 1.54) is 13.7 Å². The second-order valence-electron chi connectivity index (χ2n) is 2.51. The molecule has 13 heavy (non-hydrogen) atoms. The smallest absolute Gasteiger partial charge is 0.320 e. The van der Waals surface area contributed by atoms with Crippen LogP contribution >= 0.6 is 7.37 Å². The van der Waals surface area contributed by atoms with E-state index < -0.39 is 19.4 Å². The van der Waals surface area contributed by atoms with Gasteiger partial charge in [-0.2, -0.15) is 0 Å². The highest BCUT2D eigenvalue weighted by Gasteiger charge is 2.16. The first-order chi connectivity index (χ1) is 5.83. The number of nitrogens with two attached hydrogens (primary N) is 2. The lowest BCUT2D eigenvalue weighted by Crippen LogP contribution is -2.30. The molecule has 0 spiro atoms. The maximum Gasteiger partial charge on any atom is 0.320 e.